The molecule has 0 bridgehead atoms. The lowest BCUT2D eigenvalue weighted by Gasteiger charge is -2.34. The molecular formula is C27H30N2O4S. The van der Waals surface area contributed by atoms with Gasteiger partial charge in [0.15, 0.2) is 0 Å². The van der Waals surface area contributed by atoms with Gasteiger partial charge in [0, 0.05) is 18.8 Å². The van der Waals surface area contributed by atoms with Crippen LogP contribution in [-0.4, -0.2) is 32.6 Å². The molecule has 1 aliphatic heterocycles. The Morgan fingerprint density at radius 1 is 0.971 bits per heavy atom. The van der Waals surface area contributed by atoms with Gasteiger partial charge in [-0.15, -0.1) is 0 Å². The third-order valence-electron chi connectivity index (χ3n) is 6.31. The van der Waals surface area contributed by atoms with Crippen LogP contribution in [0.2, 0.25) is 0 Å². The number of rotatable bonds is 7. The number of aromatic carboxylic acids is 1. The maximum atomic E-state index is 12.9. The van der Waals surface area contributed by atoms with Gasteiger partial charge >= 0.3 is 5.97 Å². The summed E-state index contributed by atoms with van der Waals surface area (Å²) >= 11 is 0. The van der Waals surface area contributed by atoms with Gasteiger partial charge in [0.05, 0.1) is 16.1 Å². The molecule has 1 heterocycles. The number of sulfonamides is 1. The summed E-state index contributed by atoms with van der Waals surface area (Å²) in [7, 11) is -3.83. The molecule has 34 heavy (non-hydrogen) atoms. The number of aryl methyl sites for hydroxylation is 2. The van der Waals surface area contributed by atoms with E-state index in [4.69, 9.17) is 0 Å². The Hall–Kier alpha value is -3.32. The summed E-state index contributed by atoms with van der Waals surface area (Å²) in [6.07, 6.45) is 2.99. The van der Waals surface area contributed by atoms with Crippen molar-refractivity contribution in [3.8, 4) is 0 Å². The van der Waals surface area contributed by atoms with Crippen molar-refractivity contribution in [2.75, 3.05) is 22.7 Å². The zero-order valence-corrected chi connectivity index (χ0v) is 20.3. The molecule has 7 heteroatoms. The molecule has 1 saturated heterocycles. The van der Waals surface area contributed by atoms with Crippen molar-refractivity contribution in [3.05, 3.63) is 89.0 Å². The van der Waals surface area contributed by atoms with E-state index in [2.05, 4.69) is 33.9 Å². The zero-order chi connectivity index (χ0) is 24.3. The minimum atomic E-state index is -3.83. The van der Waals surface area contributed by atoms with E-state index in [1.807, 2.05) is 26.0 Å². The predicted octanol–water partition coefficient (Wildman–Crippen LogP) is 5.26. The van der Waals surface area contributed by atoms with Crippen LogP contribution in [0.25, 0.3) is 0 Å². The predicted molar refractivity (Wildman–Crippen MR) is 135 cm³/mol. The average molecular weight is 479 g/mol. The topological polar surface area (TPSA) is 86.7 Å². The van der Waals surface area contributed by atoms with Crippen LogP contribution in [0.1, 0.15) is 39.9 Å². The fourth-order valence-electron chi connectivity index (χ4n) is 4.67. The average Bonchev–Trinajstić information content (AvgIpc) is 2.79. The van der Waals surface area contributed by atoms with Gasteiger partial charge in [-0.2, -0.15) is 0 Å². The Balaban J connectivity index is 1.49. The van der Waals surface area contributed by atoms with E-state index < -0.39 is 16.0 Å². The van der Waals surface area contributed by atoms with Crippen molar-refractivity contribution >= 4 is 27.4 Å². The zero-order valence-electron chi connectivity index (χ0n) is 19.5. The Kier molecular flexibility index (Phi) is 6.93. The summed E-state index contributed by atoms with van der Waals surface area (Å²) in [4.78, 5) is 14.3. The van der Waals surface area contributed by atoms with Crippen LogP contribution in [0.3, 0.4) is 0 Å². The molecule has 178 valence electrons. The summed E-state index contributed by atoms with van der Waals surface area (Å²) < 4.78 is 28.3. The highest BCUT2D eigenvalue weighted by atomic mass is 32.2. The molecule has 0 spiro atoms. The minimum Gasteiger partial charge on any atom is -0.478 e. The van der Waals surface area contributed by atoms with Gasteiger partial charge in [-0.25, -0.2) is 13.2 Å². The van der Waals surface area contributed by atoms with E-state index in [-0.39, 0.29) is 16.1 Å². The van der Waals surface area contributed by atoms with Crippen LogP contribution in [0.5, 0.6) is 0 Å². The summed E-state index contributed by atoms with van der Waals surface area (Å²) in [5.41, 5.74) is 3.98. The highest BCUT2D eigenvalue weighted by molar-refractivity contribution is 7.92. The second kappa shape index (κ2) is 9.89. The Bertz CT molecular complexity index is 1260. The lowest BCUT2D eigenvalue weighted by Crippen LogP contribution is -2.35. The van der Waals surface area contributed by atoms with Crippen LogP contribution in [0.4, 0.5) is 11.4 Å². The minimum absolute atomic E-state index is 0.0992. The van der Waals surface area contributed by atoms with Gasteiger partial charge in [-0.3, -0.25) is 4.72 Å². The van der Waals surface area contributed by atoms with Gasteiger partial charge in [-0.05, 0) is 86.1 Å². The lowest BCUT2D eigenvalue weighted by molar-refractivity contribution is 0.0697. The largest absolute Gasteiger partial charge is 0.478 e. The molecule has 0 unspecified atom stereocenters. The van der Waals surface area contributed by atoms with Gasteiger partial charge in [0.25, 0.3) is 10.0 Å². The molecule has 0 atom stereocenters. The van der Waals surface area contributed by atoms with E-state index >= 15 is 0 Å². The van der Waals surface area contributed by atoms with Crippen LogP contribution in [0.15, 0.2) is 71.6 Å². The van der Waals surface area contributed by atoms with Crippen molar-refractivity contribution < 1.29 is 18.3 Å². The number of hydrogen-bond acceptors (Lipinski definition) is 4. The van der Waals surface area contributed by atoms with Crippen molar-refractivity contribution in [2.24, 2.45) is 5.92 Å². The molecule has 0 amide bonds. The summed E-state index contributed by atoms with van der Waals surface area (Å²) in [6.45, 7) is 5.22. The second-order valence-corrected chi connectivity index (χ2v) is 10.8. The maximum absolute atomic E-state index is 12.9. The molecule has 2 N–H and O–H groups in total. The smallest absolute Gasteiger partial charge is 0.337 e. The van der Waals surface area contributed by atoms with E-state index in [0.29, 0.717) is 11.6 Å². The Morgan fingerprint density at radius 2 is 1.62 bits per heavy atom. The highest BCUT2D eigenvalue weighted by Gasteiger charge is 2.24. The molecule has 1 aliphatic rings. The highest BCUT2D eigenvalue weighted by Crippen LogP contribution is 2.31. The van der Waals surface area contributed by atoms with Crippen molar-refractivity contribution in [1.29, 1.82) is 0 Å². The van der Waals surface area contributed by atoms with Crippen LogP contribution in [-0.2, 0) is 16.4 Å². The molecule has 3 aromatic carbocycles. The third kappa shape index (κ3) is 5.59. The van der Waals surface area contributed by atoms with Crippen LogP contribution >= 0.6 is 0 Å². The first-order valence-corrected chi connectivity index (χ1v) is 13.0. The molecule has 0 aliphatic carbocycles. The summed E-state index contributed by atoms with van der Waals surface area (Å²) in [5, 5.41) is 9.85. The molecular weight excluding hydrogens is 448 g/mol. The maximum Gasteiger partial charge on any atom is 0.337 e. The van der Waals surface area contributed by atoms with Gasteiger partial charge in [0.1, 0.15) is 0 Å². The van der Waals surface area contributed by atoms with Crippen LogP contribution < -0.4 is 9.62 Å². The Morgan fingerprint density at radius 3 is 2.24 bits per heavy atom. The number of carboxylic acids is 1. The number of piperidine rings is 1. The van der Waals surface area contributed by atoms with Gasteiger partial charge < -0.3 is 10.0 Å². The molecule has 0 aromatic heterocycles. The number of hydrogen-bond donors (Lipinski definition) is 2. The summed E-state index contributed by atoms with van der Waals surface area (Å²) in [5.74, 6) is -0.510. The number of benzene rings is 3. The van der Waals surface area contributed by atoms with E-state index in [9.17, 15) is 18.3 Å². The molecule has 1 fully saturated rings. The number of nitrogens with zero attached hydrogens (tertiary/aromatic N) is 1. The molecule has 0 radical (unpaired) electrons. The van der Waals surface area contributed by atoms with E-state index in [1.54, 1.807) is 24.3 Å². The first-order valence-electron chi connectivity index (χ1n) is 11.5. The summed E-state index contributed by atoms with van der Waals surface area (Å²) in [6, 6.07) is 20.3. The van der Waals surface area contributed by atoms with E-state index in [1.165, 1.54) is 11.6 Å². The second-order valence-electron chi connectivity index (χ2n) is 9.09. The number of carboxylic acid groups (broad SMARTS) is 1. The normalized spacial score (nSPS) is 14.7. The first kappa shape index (κ1) is 23.8. The number of anilines is 2. The van der Waals surface area contributed by atoms with Gasteiger partial charge in [-0.1, -0.05) is 36.4 Å². The number of nitrogens with one attached hydrogen (secondary N) is 1. The Labute approximate surface area is 201 Å². The molecule has 6 nitrogen and oxygen atoms in total. The fraction of sp³-hybridized carbons (Fsp3) is 0.296. The third-order valence-corrected chi connectivity index (χ3v) is 7.67. The SMILES string of the molecule is Cc1cc(C)cc(S(=O)(=O)Nc2ccc(N3CCC(Cc4ccccc4)CC3)c(C(=O)O)c2)c1. The number of carbonyl (C=O) groups is 1. The van der Waals surface area contributed by atoms with Crippen molar-refractivity contribution in [2.45, 2.75) is 38.0 Å². The molecule has 3 aromatic rings. The molecule has 4 rings (SSSR count). The van der Waals surface area contributed by atoms with Gasteiger partial charge in [0.2, 0.25) is 0 Å². The van der Waals surface area contributed by atoms with Crippen molar-refractivity contribution in [1.82, 2.24) is 0 Å². The van der Waals surface area contributed by atoms with E-state index in [0.717, 1.165) is 43.5 Å². The standard InChI is InChI=1S/C27H30N2O4S/c1-19-14-20(2)16-24(15-19)34(32,33)28-23-8-9-26(25(18-23)27(30)31)29-12-10-22(11-13-29)17-21-6-4-3-5-7-21/h3-9,14-16,18,22,28H,10-13,17H2,1-2H3,(H,30,31). The lowest BCUT2D eigenvalue weighted by atomic mass is 9.90. The molecule has 0 saturated carbocycles. The monoisotopic (exact) mass is 478 g/mol. The van der Waals surface area contributed by atoms with Crippen LogP contribution in [0, 0.1) is 19.8 Å². The fourth-order valence-corrected chi connectivity index (χ4v) is 5.91. The quantitative estimate of drug-likeness (QED) is 0.484. The first-order chi connectivity index (χ1) is 16.2. The van der Waals surface area contributed by atoms with Crippen molar-refractivity contribution in [3.63, 3.8) is 0 Å².